The summed E-state index contributed by atoms with van der Waals surface area (Å²) >= 11 is 1.51. The lowest BCUT2D eigenvalue weighted by Gasteiger charge is -2.15. The quantitative estimate of drug-likeness (QED) is 0.887. The first-order valence-electron chi connectivity index (χ1n) is 7.95. The van der Waals surface area contributed by atoms with Crippen LogP contribution in [0.1, 0.15) is 34.1 Å². The summed E-state index contributed by atoms with van der Waals surface area (Å²) in [4.78, 5) is 25.7. The number of carbonyl (C=O) groups excluding carboxylic acids is 2. The minimum absolute atomic E-state index is 0.0258. The van der Waals surface area contributed by atoms with Crippen molar-refractivity contribution in [2.24, 2.45) is 0 Å². The van der Waals surface area contributed by atoms with Crippen LogP contribution in [-0.4, -0.2) is 24.9 Å². The zero-order valence-electron chi connectivity index (χ0n) is 13.1. The molecule has 0 spiro atoms. The van der Waals surface area contributed by atoms with Gasteiger partial charge in [-0.3, -0.25) is 9.59 Å². The zero-order valence-corrected chi connectivity index (χ0v) is 14.0. The van der Waals surface area contributed by atoms with Gasteiger partial charge in [-0.1, -0.05) is 31.2 Å². The number of amides is 2. The van der Waals surface area contributed by atoms with E-state index in [1.807, 2.05) is 19.1 Å². The maximum Gasteiger partial charge on any atom is 0.261 e. The summed E-state index contributed by atoms with van der Waals surface area (Å²) in [7, 11) is 0. The zero-order chi connectivity index (χ0) is 16.2. The molecule has 2 aromatic rings. The van der Waals surface area contributed by atoms with Crippen LogP contribution in [0.3, 0.4) is 0 Å². The summed E-state index contributed by atoms with van der Waals surface area (Å²) in [6.07, 6.45) is 2.87. The Morgan fingerprint density at radius 3 is 2.74 bits per heavy atom. The molecule has 0 bridgehead atoms. The van der Waals surface area contributed by atoms with E-state index in [4.69, 9.17) is 0 Å². The minimum Gasteiger partial charge on any atom is -0.355 e. The average molecular weight is 328 g/mol. The average Bonchev–Trinajstić information content (AvgIpc) is 3.02. The van der Waals surface area contributed by atoms with Gasteiger partial charge in [0.05, 0.1) is 11.4 Å². The molecule has 0 unspecified atom stereocenters. The summed E-state index contributed by atoms with van der Waals surface area (Å²) in [5, 5.41) is 5.45. The van der Waals surface area contributed by atoms with Crippen LogP contribution in [0.5, 0.6) is 0 Å². The van der Waals surface area contributed by atoms with Crippen LogP contribution in [0, 0.1) is 0 Å². The number of hydrogen-bond acceptors (Lipinski definition) is 3. The lowest BCUT2D eigenvalue weighted by atomic mass is 9.91. The van der Waals surface area contributed by atoms with E-state index in [1.165, 1.54) is 32.9 Å². The predicted molar refractivity (Wildman–Crippen MR) is 92.8 cm³/mol. The molecule has 0 atom stereocenters. The number of benzene rings is 1. The molecule has 0 radical (unpaired) electrons. The number of aryl methyl sites for hydroxylation is 2. The molecule has 0 saturated carbocycles. The fraction of sp³-hybridized carbons (Fsp3) is 0.333. The molecule has 0 aliphatic heterocycles. The van der Waals surface area contributed by atoms with Crippen molar-refractivity contribution in [2.75, 3.05) is 13.1 Å². The van der Waals surface area contributed by atoms with Gasteiger partial charge in [0, 0.05) is 11.4 Å². The Kier molecular flexibility index (Phi) is 4.76. The SMILES string of the molecule is CCCNC(=O)CNC(=O)c1cc2c(s1)-c1ccccc1CC2. The van der Waals surface area contributed by atoms with E-state index in [9.17, 15) is 9.59 Å². The van der Waals surface area contributed by atoms with Gasteiger partial charge in [-0.15, -0.1) is 11.3 Å². The third-order valence-electron chi connectivity index (χ3n) is 3.94. The molecule has 5 heteroatoms. The molecule has 1 aliphatic rings. The van der Waals surface area contributed by atoms with E-state index in [2.05, 4.69) is 28.8 Å². The summed E-state index contributed by atoms with van der Waals surface area (Å²) in [5.74, 6) is -0.319. The lowest BCUT2D eigenvalue weighted by Crippen LogP contribution is -2.36. The molecule has 1 aliphatic carbocycles. The standard InChI is InChI=1S/C18H20N2O2S/c1-2-9-19-16(21)11-20-18(22)15-10-13-8-7-12-5-3-4-6-14(12)17(13)23-15/h3-6,10H,2,7-9,11H2,1H3,(H,19,21)(H,20,22). The highest BCUT2D eigenvalue weighted by Crippen LogP contribution is 2.39. The maximum absolute atomic E-state index is 12.3. The van der Waals surface area contributed by atoms with Crippen LogP contribution >= 0.6 is 11.3 Å². The van der Waals surface area contributed by atoms with E-state index in [1.54, 1.807) is 0 Å². The second-order valence-corrected chi connectivity index (χ2v) is 6.71. The Hall–Kier alpha value is -2.14. The van der Waals surface area contributed by atoms with Crippen LogP contribution in [0.15, 0.2) is 30.3 Å². The first-order valence-corrected chi connectivity index (χ1v) is 8.76. The molecule has 23 heavy (non-hydrogen) atoms. The Balaban J connectivity index is 1.70. The molecule has 1 heterocycles. The van der Waals surface area contributed by atoms with Gasteiger partial charge in [-0.05, 0) is 42.0 Å². The number of fused-ring (bicyclic) bond motifs is 3. The predicted octanol–water partition coefficient (Wildman–Crippen LogP) is 2.77. The molecular formula is C18H20N2O2S. The monoisotopic (exact) mass is 328 g/mol. The fourth-order valence-electron chi connectivity index (χ4n) is 2.76. The number of hydrogen-bond donors (Lipinski definition) is 2. The van der Waals surface area contributed by atoms with Gasteiger partial charge in [0.1, 0.15) is 0 Å². The fourth-order valence-corrected chi connectivity index (χ4v) is 3.95. The van der Waals surface area contributed by atoms with Crippen LogP contribution in [0.2, 0.25) is 0 Å². The van der Waals surface area contributed by atoms with Gasteiger partial charge in [-0.25, -0.2) is 0 Å². The Bertz CT molecular complexity index is 736. The van der Waals surface area contributed by atoms with Crippen molar-refractivity contribution in [3.8, 4) is 10.4 Å². The molecule has 120 valence electrons. The Morgan fingerprint density at radius 1 is 1.13 bits per heavy atom. The largest absolute Gasteiger partial charge is 0.355 e. The third kappa shape index (κ3) is 3.45. The van der Waals surface area contributed by atoms with Crippen LogP contribution in [0.25, 0.3) is 10.4 Å². The van der Waals surface area contributed by atoms with Crippen LogP contribution in [0.4, 0.5) is 0 Å². The molecule has 0 fully saturated rings. The molecule has 2 N–H and O–H groups in total. The normalized spacial score (nSPS) is 12.2. The van der Waals surface area contributed by atoms with Crippen molar-refractivity contribution in [3.05, 3.63) is 46.3 Å². The Morgan fingerprint density at radius 2 is 1.91 bits per heavy atom. The van der Waals surface area contributed by atoms with Gasteiger partial charge in [-0.2, -0.15) is 0 Å². The lowest BCUT2D eigenvalue weighted by molar-refractivity contribution is -0.120. The second kappa shape index (κ2) is 6.96. The highest BCUT2D eigenvalue weighted by molar-refractivity contribution is 7.17. The van der Waals surface area contributed by atoms with Gasteiger partial charge < -0.3 is 10.6 Å². The third-order valence-corrected chi connectivity index (χ3v) is 5.15. The van der Waals surface area contributed by atoms with Crippen molar-refractivity contribution >= 4 is 23.2 Å². The number of thiophene rings is 1. The van der Waals surface area contributed by atoms with Crippen molar-refractivity contribution in [2.45, 2.75) is 26.2 Å². The van der Waals surface area contributed by atoms with Gasteiger partial charge in [0.2, 0.25) is 5.91 Å². The van der Waals surface area contributed by atoms with Gasteiger partial charge in [0.15, 0.2) is 0 Å². The molecule has 0 saturated heterocycles. The topological polar surface area (TPSA) is 58.2 Å². The van der Waals surface area contributed by atoms with Crippen molar-refractivity contribution in [1.82, 2.24) is 10.6 Å². The molecular weight excluding hydrogens is 308 g/mol. The molecule has 2 amide bonds. The summed E-state index contributed by atoms with van der Waals surface area (Å²) in [6, 6.07) is 10.3. The Labute approximate surface area is 139 Å². The van der Waals surface area contributed by atoms with Crippen molar-refractivity contribution < 1.29 is 9.59 Å². The first kappa shape index (κ1) is 15.7. The van der Waals surface area contributed by atoms with Crippen LogP contribution in [-0.2, 0) is 17.6 Å². The number of nitrogens with one attached hydrogen (secondary N) is 2. The van der Waals surface area contributed by atoms with E-state index in [0.717, 1.165) is 19.3 Å². The van der Waals surface area contributed by atoms with E-state index in [0.29, 0.717) is 11.4 Å². The number of carbonyl (C=O) groups is 2. The van der Waals surface area contributed by atoms with Crippen molar-refractivity contribution in [3.63, 3.8) is 0 Å². The van der Waals surface area contributed by atoms with Crippen LogP contribution < -0.4 is 10.6 Å². The summed E-state index contributed by atoms with van der Waals surface area (Å²) < 4.78 is 0. The number of rotatable bonds is 5. The first-order chi connectivity index (χ1) is 11.2. The molecule has 3 rings (SSSR count). The van der Waals surface area contributed by atoms with Gasteiger partial charge >= 0.3 is 0 Å². The highest BCUT2D eigenvalue weighted by Gasteiger charge is 2.21. The maximum atomic E-state index is 12.3. The van der Waals surface area contributed by atoms with Gasteiger partial charge in [0.25, 0.3) is 5.91 Å². The van der Waals surface area contributed by atoms with Crippen molar-refractivity contribution in [1.29, 1.82) is 0 Å². The smallest absolute Gasteiger partial charge is 0.261 e. The van der Waals surface area contributed by atoms with E-state index >= 15 is 0 Å². The summed E-state index contributed by atoms with van der Waals surface area (Å²) in [5.41, 5.74) is 3.81. The second-order valence-electron chi connectivity index (χ2n) is 5.65. The van der Waals surface area contributed by atoms with E-state index < -0.39 is 0 Å². The molecule has 4 nitrogen and oxygen atoms in total. The van der Waals surface area contributed by atoms with E-state index in [-0.39, 0.29) is 18.4 Å². The molecule has 1 aromatic heterocycles. The highest BCUT2D eigenvalue weighted by atomic mass is 32.1. The minimum atomic E-state index is -0.173. The summed E-state index contributed by atoms with van der Waals surface area (Å²) in [6.45, 7) is 2.66. The molecule has 1 aromatic carbocycles.